The number of amides is 4. The molecule has 1 aliphatic rings. The monoisotopic (exact) mass is 801 g/mol. The zero-order valence-electron chi connectivity index (χ0n) is 32.3. The quantitative estimate of drug-likeness (QED) is 0.0770. The number of rotatable bonds is 14. The van der Waals surface area contributed by atoms with Crippen LogP contribution in [0.2, 0.25) is 0 Å². The largest absolute Gasteiger partial charge is 0.494 e. The molecule has 302 valence electrons. The number of methoxy groups -OCH3 is 1. The minimum absolute atomic E-state index is 0.168. The topological polar surface area (TPSA) is 216 Å². The van der Waals surface area contributed by atoms with Crippen molar-refractivity contribution in [2.24, 2.45) is 7.05 Å². The highest BCUT2D eigenvalue weighted by atomic mass is 19.1. The van der Waals surface area contributed by atoms with Crippen molar-refractivity contribution >= 4 is 57.7 Å². The Labute approximate surface area is 336 Å². The van der Waals surface area contributed by atoms with E-state index in [0.29, 0.717) is 64.8 Å². The maximum atomic E-state index is 13.5. The van der Waals surface area contributed by atoms with E-state index in [1.54, 1.807) is 54.1 Å². The molecular weight excluding hydrogens is 762 g/mol. The first-order chi connectivity index (χ1) is 28.6. The van der Waals surface area contributed by atoms with Crippen molar-refractivity contribution in [1.29, 1.82) is 0 Å². The molecule has 0 saturated carbocycles. The predicted molar refractivity (Wildman–Crippen MR) is 216 cm³/mol. The second kappa shape index (κ2) is 17.3. The third kappa shape index (κ3) is 8.46. The molecule has 1 aliphatic heterocycles. The van der Waals surface area contributed by atoms with Gasteiger partial charge in [-0.3, -0.25) is 33.6 Å². The molecule has 1 saturated heterocycles. The summed E-state index contributed by atoms with van der Waals surface area (Å²) in [7, 11) is 4.66. The van der Waals surface area contributed by atoms with Crippen LogP contribution < -0.4 is 37.0 Å². The van der Waals surface area contributed by atoms with E-state index in [4.69, 9.17) is 4.74 Å². The van der Waals surface area contributed by atoms with Gasteiger partial charge in [0.25, 0.3) is 11.8 Å². The Morgan fingerprint density at radius 2 is 1.68 bits per heavy atom. The molecule has 0 bridgehead atoms. The predicted octanol–water partition coefficient (Wildman–Crippen LogP) is 4.31. The Bertz CT molecular complexity index is 2630. The van der Waals surface area contributed by atoms with Crippen LogP contribution in [0.4, 0.5) is 27.4 Å². The summed E-state index contributed by atoms with van der Waals surface area (Å²) in [6.07, 6.45) is 7.44. The molecule has 1 fully saturated rings. The first-order valence-corrected chi connectivity index (χ1v) is 18.7. The van der Waals surface area contributed by atoms with Crippen LogP contribution in [0.3, 0.4) is 0 Å². The third-order valence-corrected chi connectivity index (χ3v) is 9.87. The maximum absolute atomic E-state index is 13.5. The van der Waals surface area contributed by atoms with Crippen molar-refractivity contribution in [2.45, 2.75) is 38.1 Å². The van der Waals surface area contributed by atoms with Gasteiger partial charge in [0.05, 0.1) is 58.6 Å². The minimum atomic E-state index is -0.755. The van der Waals surface area contributed by atoms with Gasteiger partial charge in [-0.2, -0.15) is 0 Å². The summed E-state index contributed by atoms with van der Waals surface area (Å²) in [5.41, 5.74) is 3.97. The molecule has 0 aliphatic carbocycles. The molecule has 5 heterocycles. The van der Waals surface area contributed by atoms with E-state index >= 15 is 0 Å². The summed E-state index contributed by atoms with van der Waals surface area (Å²) in [5, 5.41) is 14.2. The molecular formula is C41H40FN11O6. The van der Waals surface area contributed by atoms with Crippen LogP contribution in [0.5, 0.6) is 5.75 Å². The number of imidazole rings is 1. The van der Waals surface area contributed by atoms with Gasteiger partial charge in [-0.15, -0.1) is 0 Å². The van der Waals surface area contributed by atoms with Crippen LogP contribution in [-0.2, 0) is 23.1 Å². The first kappa shape index (κ1) is 39.7. The summed E-state index contributed by atoms with van der Waals surface area (Å²) in [5.74, 6) is -0.705. The number of carbonyl (C=O) groups excluding carboxylic acids is 4. The number of pyridine rings is 2. The highest BCUT2D eigenvalue weighted by Crippen LogP contribution is 2.37. The number of ether oxygens (including phenoxy) is 1. The maximum Gasteiger partial charge on any atom is 0.329 e. The SMILES string of the molecule is CNC(=O)c1cnc(Nc2ccc(C(=O)NCCCCc3cccc4c3n(C)c(=O)n4C3CCC(=O)NC3=O)cn2)cc1Nc1cccc(-c2ncc(F)cn2)c1OC. The van der Waals surface area contributed by atoms with E-state index in [1.165, 1.54) is 31.1 Å². The van der Waals surface area contributed by atoms with Crippen molar-refractivity contribution in [2.75, 3.05) is 31.3 Å². The van der Waals surface area contributed by atoms with Gasteiger partial charge in [0.2, 0.25) is 11.8 Å². The summed E-state index contributed by atoms with van der Waals surface area (Å²) >= 11 is 0. The fourth-order valence-electron chi connectivity index (χ4n) is 7.00. The lowest BCUT2D eigenvalue weighted by Crippen LogP contribution is -2.44. The van der Waals surface area contributed by atoms with Crippen LogP contribution >= 0.6 is 0 Å². The van der Waals surface area contributed by atoms with Gasteiger partial charge in [-0.25, -0.2) is 29.1 Å². The number of fused-ring (bicyclic) bond motifs is 1. The molecule has 18 heteroatoms. The van der Waals surface area contributed by atoms with Gasteiger partial charge < -0.3 is 26.0 Å². The van der Waals surface area contributed by atoms with Crippen LogP contribution in [0.15, 0.2) is 84.2 Å². The number of carbonyl (C=O) groups is 4. The van der Waals surface area contributed by atoms with E-state index < -0.39 is 17.8 Å². The molecule has 6 aromatic rings. The number of unbranched alkanes of at least 4 members (excludes halogenated alkanes) is 1. The summed E-state index contributed by atoms with van der Waals surface area (Å²) in [6, 6.07) is 15.0. The Morgan fingerprint density at radius 1 is 0.898 bits per heavy atom. The summed E-state index contributed by atoms with van der Waals surface area (Å²) in [6.45, 7) is 0.410. The lowest BCUT2D eigenvalue weighted by Gasteiger charge is -2.21. The molecule has 1 atom stereocenters. The average Bonchev–Trinajstić information content (AvgIpc) is 3.49. The number of imide groups is 1. The molecule has 1 unspecified atom stereocenters. The molecule has 2 aromatic carbocycles. The number of anilines is 4. The number of para-hydroxylation sites is 2. The third-order valence-electron chi connectivity index (χ3n) is 9.87. The highest BCUT2D eigenvalue weighted by Gasteiger charge is 2.31. The van der Waals surface area contributed by atoms with E-state index in [2.05, 4.69) is 46.5 Å². The van der Waals surface area contributed by atoms with Crippen molar-refractivity contribution in [1.82, 2.24) is 45.0 Å². The van der Waals surface area contributed by atoms with Gasteiger partial charge in [0.1, 0.15) is 17.7 Å². The van der Waals surface area contributed by atoms with Gasteiger partial charge >= 0.3 is 5.69 Å². The van der Waals surface area contributed by atoms with Gasteiger partial charge in [0.15, 0.2) is 17.4 Å². The van der Waals surface area contributed by atoms with Crippen LogP contribution in [-0.4, -0.2) is 73.4 Å². The zero-order chi connectivity index (χ0) is 41.6. The average molecular weight is 802 g/mol. The van der Waals surface area contributed by atoms with Gasteiger partial charge in [-0.1, -0.05) is 18.2 Å². The van der Waals surface area contributed by atoms with E-state index in [1.807, 2.05) is 12.1 Å². The van der Waals surface area contributed by atoms with E-state index in [9.17, 15) is 28.4 Å². The highest BCUT2D eigenvalue weighted by molar-refractivity contribution is 6.01. The Balaban J connectivity index is 0.968. The zero-order valence-corrected chi connectivity index (χ0v) is 32.3. The number of hydrogen-bond acceptors (Lipinski definition) is 12. The van der Waals surface area contributed by atoms with Crippen molar-refractivity contribution in [3.63, 3.8) is 0 Å². The summed E-state index contributed by atoms with van der Waals surface area (Å²) in [4.78, 5) is 80.2. The van der Waals surface area contributed by atoms with Gasteiger partial charge in [-0.05, 0) is 61.6 Å². The normalized spacial score (nSPS) is 13.8. The number of aryl methyl sites for hydroxylation is 2. The first-order valence-electron chi connectivity index (χ1n) is 18.7. The second-order valence-corrected chi connectivity index (χ2v) is 13.7. The van der Waals surface area contributed by atoms with Crippen LogP contribution in [0.25, 0.3) is 22.4 Å². The van der Waals surface area contributed by atoms with E-state index in [0.717, 1.165) is 29.9 Å². The number of nitrogens with one attached hydrogen (secondary N) is 5. The number of nitrogens with zero attached hydrogens (tertiary/aromatic N) is 6. The number of hydrogen-bond donors (Lipinski definition) is 5. The molecule has 59 heavy (non-hydrogen) atoms. The minimum Gasteiger partial charge on any atom is -0.494 e. The molecule has 7 rings (SSSR count). The number of benzene rings is 2. The Kier molecular flexibility index (Phi) is 11.7. The van der Waals surface area contributed by atoms with E-state index in [-0.39, 0.29) is 47.6 Å². The van der Waals surface area contributed by atoms with Crippen molar-refractivity contribution < 1.29 is 28.3 Å². The molecule has 0 spiro atoms. The standard InChI is InChI=1S/C41H40FN11O6/c1-43-39(56)27-22-46-33(18-29(27)49-28-11-7-10-26(36(28)59-3)37-47-20-25(42)21-48-37)50-32-15-13-24(19-45-32)38(55)44-17-5-4-8-23-9-6-12-30-35(23)52(2)41(58)53(30)31-14-16-34(54)51-40(31)57/h6-7,9-13,15,18-22,31H,4-5,8,14,16-17H2,1-3H3,(H,43,56)(H,44,55)(H,51,54,57)(H2,45,46,49,50). The molecule has 5 N–H and O–H groups in total. The lowest BCUT2D eigenvalue weighted by atomic mass is 10.0. The Morgan fingerprint density at radius 3 is 2.41 bits per heavy atom. The smallest absolute Gasteiger partial charge is 0.329 e. The number of halogens is 1. The number of aromatic nitrogens is 6. The Hall–Kier alpha value is -7.50. The van der Waals surface area contributed by atoms with Crippen molar-refractivity contribution in [3.8, 4) is 17.1 Å². The lowest BCUT2D eigenvalue weighted by molar-refractivity contribution is -0.135. The van der Waals surface area contributed by atoms with Crippen LogP contribution in [0, 0.1) is 5.82 Å². The molecule has 0 radical (unpaired) electrons. The number of piperidine rings is 1. The van der Waals surface area contributed by atoms with Gasteiger partial charge in [0, 0.05) is 45.5 Å². The molecule has 17 nitrogen and oxygen atoms in total. The summed E-state index contributed by atoms with van der Waals surface area (Å²) < 4.78 is 22.2. The van der Waals surface area contributed by atoms with Crippen LogP contribution in [0.1, 0.15) is 58.0 Å². The fourth-order valence-corrected chi connectivity index (χ4v) is 7.00. The molecule has 4 aromatic heterocycles. The second-order valence-electron chi connectivity index (χ2n) is 13.7. The molecule has 4 amide bonds. The fraction of sp³-hybridized carbons (Fsp3) is 0.244. The van der Waals surface area contributed by atoms with Crippen molar-refractivity contribution in [3.05, 3.63) is 112 Å².